The number of rotatable bonds is 5. The predicted octanol–water partition coefficient (Wildman–Crippen LogP) is 2.10. The van der Waals surface area contributed by atoms with Crippen molar-refractivity contribution in [2.75, 3.05) is 32.7 Å². The van der Waals surface area contributed by atoms with Gasteiger partial charge in [0.15, 0.2) is 0 Å². The van der Waals surface area contributed by atoms with Crippen molar-refractivity contribution in [3.05, 3.63) is 33.1 Å². The molecule has 1 saturated heterocycles. The average molecular weight is 447 g/mol. The van der Waals surface area contributed by atoms with Gasteiger partial charge in [0.2, 0.25) is 5.91 Å². The summed E-state index contributed by atoms with van der Waals surface area (Å²) in [4.78, 5) is 28.3. The van der Waals surface area contributed by atoms with Crippen molar-refractivity contribution >= 4 is 34.4 Å². The van der Waals surface area contributed by atoms with E-state index in [1.54, 1.807) is 4.90 Å². The fourth-order valence-electron chi connectivity index (χ4n) is 2.57. The molecule has 7 heteroatoms. The van der Waals surface area contributed by atoms with Crippen molar-refractivity contribution in [3.8, 4) is 0 Å². The molecule has 0 saturated carbocycles. The van der Waals surface area contributed by atoms with Gasteiger partial charge in [0, 0.05) is 35.8 Å². The van der Waals surface area contributed by atoms with Crippen molar-refractivity contribution in [2.24, 2.45) is 0 Å². The lowest BCUT2D eigenvalue weighted by molar-refractivity contribution is -0.123. The van der Waals surface area contributed by atoms with Gasteiger partial charge in [0.05, 0.1) is 12.1 Å². The molecule has 0 aliphatic carbocycles. The van der Waals surface area contributed by atoms with Crippen LogP contribution < -0.4 is 5.32 Å². The highest BCUT2D eigenvalue weighted by atomic mass is 127. The number of nitrogens with zero attached hydrogens (tertiary/aromatic N) is 2. The molecule has 24 heavy (non-hydrogen) atoms. The van der Waals surface area contributed by atoms with Crippen molar-refractivity contribution in [3.63, 3.8) is 0 Å². The summed E-state index contributed by atoms with van der Waals surface area (Å²) >= 11 is 1.98. The van der Waals surface area contributed by atoms with Crippen LogP contribution in [0, 0.1) is 9.39 Å². The van der Waals surface area contributed by atoms with Gasteiger partial charge in [0.1, 0.15) is 5.82 Å². The highest BCUT2D eigenvalue weighted by Gasteiger charge is 2.24. The number of carbonyl (C=O) groups is 2. The Kier molecular flexibility index (Phi) is 6.97. The lowest BCUT2D eigenvalue weighted by Crippen LogP contribution is -2.51. The zero-order chi connectivity index (χ0) is 17.7. The molecule has 0 aromatic heterocycles. The van der Waals surface area contributed by atoms with E-state index < -0.39 is 0 Å². The first kappa shape index (κ1) is 19.1. The number of amides is 2. The monoisotopic (exact) mass is 447 g/mol. The predicted molar refractivity (Wildman–Crippen MR) is 99.4 cm³/mol. The maximum absolute atomic E-state index is 13.2. The van der Waals surface area contributed by atoms with Gasteiger partial charge < -0.3 is 10.2 Å². The van der Waals surface area contributed by atoms with E-state index in [4.69, 9.17) is 0 Å². The minimum Gasteiger partial charge on any atom is -0.353 e. The van der Waals surface area contributed by atoms with Crippen LogP contribution in [0.3, 0.4) is 0 Å². The van der Waals surface area contributed by atoms with E-state index in [9.17, 15) is 14.0 Å². The fourth-order valence-corrected chi connectivity index (χ4v) is 3.28. The van der Waals surface area contributed by atoms with Gasteiger partial charge in [-0.05, 0) is 54.1 Å². The molecule has 132 valence electrons. The number of hydrogen-bond donors (Lipinski definition) is 1. The molecule has 1 aliphatic rings. The Balaban J connectivity index is 1.86. The molecule has 1 fully saturated rings. The van der Waals surface area contributed by atoms with Crippen LogP contribution in [0.1, 0.15) is 30.6 Å². The number of piperazine rings is 1. The Hall–Kier alpha value is -1.22. The molecule has 1 aliphatic heterocycles. The summed E-state index contributed by atoms with van der Waals surface area (Å²) in [6.07, 6.45) is 0.907. The van der Waals surface area contributed by atoms with Crippen LogP contribution in [0.4, 0.5) is 4.39 Å². The molecule has 0 bridgehead atoms. The topological polar surface area (TPSA) is 52.7 Å². The summed E-state index contributed by atoms with van der Waals surface area (Å²) in [5.74, 6) is -0.395. The van der Waals surface area contributed by atoms with Crippen LogP contribution in [0.2, 0.25) is 0 Å². The van der Waals surface area contributed by atoms with Crippen LogP contribution in [0.5, 0.6) is 0 Å². The SMILES string of the molecule is CCC(C)NC(=O)CN1CCN(C(=O)c2ccc(F)cc2I)CC1. The number of benzene rings is 1. The van der Waals surface area contributed by atoms with Crippen LogP contribution in [-0.4, -0.2) is 60.4 Å². The van der Waals surface area contributed by atoms with Gasteiger partial charge >= 0.3 is 0 Å². The molecule has 1 atom stereocenters. The van der Waals surface area contributed by atoms with E-state index in [-0.39, 0.29) is 23.7 Å². The zero-order valence-corrected chi connectivity index (χ0v) is 16.2. The zero-order valence-electron chi connectivity index (χ0n) is 14.0. The molecular formula is C17H23FIN3O2. The van der Waals surface area contributed by atoms with E-state index in [1.165, 1.54) is 18.2 Å². The summed E-state index contributed by atoms with van der Waals surface area (Å²) in [6, 6.07) is 4.39. The quantitative estimate of drug-likeness (QED) is 0.704. The van der Waals surface area contributed by atoms with Crippen LogP contribution in [0.25, 0.3) is 0 Å². The highest BCUT2D eigenvalue weighted by Crippen LogP contribution is 2.17. The minimum absolute atomic E-state index is 0.0252. The van der Waals surface area contributed by atoms with Gasteiger partial charge in [-0.2, -0.15) is 0 Å². The van der Waals surface area contributed by atoms with Gasteiger partial charge in [-0.1, -0.05) is 6.92 Å². The Labute approximate surface area is 155 Å². The van der Waals surface area contributed by atoms with Gasteiger partial charge in [-0.15, -0.1) is 0 Å². The normalized spacial score (nSPS) is 16.8. The first-order valence-corrected chi connectivity index (χ1v) is 9.24. The second-order valence-corrected chi connectivity index (χ2v) is 7.23. The highest BCUT2D eigenvalue weighted by molar-refractivity contribution is 14.1. The molecule has 1 heterocycles. The average Bonchev–Trinajstić information content (AvgIpc) is 2.54. The third-order valence-corrected chi connectivity index (χ3v) is 5.10. The molecule has 0 spiro atoms. The summed E-state index contributed by atoms with van der Waals surface area (Å²) in [5, 5.41) is 2.95. The van der Waals surface area contributed by atoms with Gasteiger partial charge in [-0.25, -0.2) is 4.39 Å². The van der Waals surface area contributed by atoms with E-state index >= 15 is 0 Å². The fraction of sp³-hybridized carbons (Fsp3) is 0.529. The van der Waals surface area contributed by atoms with Crippen molar-refractivity contribution < 1.29 is 14.0 Å². The molecule has 1 N–H and O–H groups in total. The molecule has 1 aromatic rings. The Morgan fingerprint density at radius 2 is 1.96 bits per heavy atom. The maximum atomic E-state index is 13.2. The van der Waals surface area contributed by atoms with E-state index in [0.717, 1.165) is 6.42 Å². The van der Waals surface area contributed by atoms with Crippen LogP contribution >= 0.6 is 22.6 Å². The van der Waals surface area contributed by atoms with Crippen LogP contribution in [0.15, 0.2) is 18.2 Å². The van der Waals surface area contributed by atoms with Crippen molar-refractivity contribution in [1.29, 1.82) is 0 Å². The standard InChI is InChI=1S/C17H23FIN3O2/c1-3-12(2)20-16(23)11-21-6-8-22(9-7-21)17(24)14-5-4-13(18)10-15(14)19/h4-5,10,12H,3,6-9,11H2,1-2H3,(H,20,23). The second kappa shape index (κ2) is 8.75. The smallest absolute Gasteiger partial charge is 0.255 e. The molecular weight excluding hydrogens is 424 g/mol. The molecule has 2 rings (SSSR count). The molecule has 2 amide bonds. The molecule has 1 aromatic carbocycles. The number of carbonyl (C=O) groups excluding carboxylic acids is 2. The van der Waals surface area contributed by atoms with E-state index in [1.807, 2.05) is 36.4 Å². The van der Waals surface area contributed by atoms with Crippen molar-refractivity contribution in [1.82, 2.24) is 15.1 Å². The molecule has 1 unspecified atom stereocenters. The largest absolute Gasteiger partial charge is 0.353 e. The Bertz CT molecular complexity index is 603. The Morgan fingerprint density at radius 3 is 2.54 bits per heavy atom. The summed E-state index contributed by atoms with van der Waals surface area (Å²) in [7, 11) is 0. The Morgan fingerprint density at radius 1 is 1.29 bits per heavy atom. The van der Waals surface area contributed by atoms with Crippen LogP contribution in [-0.2, 0) is 4.79 Å². The maximum Gasteiger partial charge on any atom is 0.255 e. The van der Waals surface area contributed by atoms with E-state index in [2.05, 4.69) is 10.2 Å². The number of hydrogen-bond acceptors (Lipinski definition) is 3. The first-order chi connectivity index (χ1) is 11.4. The summed E-state index contributed by atoms with van der Waals surface area (Å²) in [5.41, 5.74) is 0.528. The lowest BCUT2D eigenvalue weighted by atomic mass is 10.1. The van der Waals surface area contributed by atoms with Gasteiger partial charge in [0.25, 0.3) is 5.91 Å². The third-order valence-electron chi connectivity index (χ3n) is 4.21. The number of nitrogens with one attached hydrogen (secondary N) is 1. The minimum atomic E-state index is -0.340. The third kappa shape index (κ3) is 5.14. The second-order valence-electron chi connectivity index (χ2n) is 6.07. The summed E-state index contributed by atoms with van der Waals surface area (Å²) < 4.78 is 13.8. The van der Waals surface area contributed by atoms with Gasteiger partial charge in [-0.3, -0.25) is 14.5 Å². The molecule has 0 radical (unpaired) electrons. The summed E-state index contributed by atoms with van der Waals surface area (Å²) in [6.45, 7) is 6.85. The molecule has 5 nitrogen and oxygen atoms in total. The first-order valence-electron chi connectivity index (χ1n) is 8.16. The van der Waals surface area contributed by atoms with E-state index in [0.29, 0.717) is 41.9 Å². The lowest BCUT2D eigenvalue weighted by Gasteiger charge is -2.34. The number of halogens is 2. The van der Waals surface area contributed by atoms with Crippen molar-refractivity contribution in [2.45, 2.75) is 26.3 Å².